The van der Waals surface area contributed by atoms with Crippen molar-refractivity contribution >= 4 is 25.3 Å². The minimum Gasteiger partial charge on any atom is -0.464 e. The van der Waals surface area contributed by atoms with Crippen molar-refractivity contribution in [3.05, 3.63) is 48.5 Å². The van der Waals surface area contributed by atoms with Gasteiger partial charge < -0.3 is 14.3 Å². The first-order valence-corrected chi connectivity index (χ1v) is 11.6. The summed E-state index contributed by atoms with van der Waals surface area (Å²) in [6, 6.07) is 10.4. The van der Waals surface area contributed by atoms with E-state index in [1.54, 1.807) is 30.3 Å². The Labute approximate surface area is 156 Å². The third kappa shape index (κ3) is 4.31. The number of carbonyl (C=O) groups is 1. The monoisotopic (exact) mass is 382 g/mol. The Balaban J connectivity index is 1.85. The molecule has 8 nitrogen and oxygen atoms in total. The van der Waals surface area contributed by atoms with Gasteiger partial charge in [-0.3, -0.25) is 4.57 Å². The predicted octanol–water partition coefficient (Wildman–Crippen LogP) is 4.17. The van der Waals surface area contributed by atoms with Gasteiger partial charge in [0.25, 0.3) is 0 Å². The zero-order chi connectivity index (χ0) is 19.6. The summed E-state index contributed by atoms with van der Waals surface area (Å²) in [6.45, 7) is 5.98. The van der Waals surface area contributed by atoms with E-state index in [2.05, 4.69) is 16.0 Å². The maximum atomic E-state index is 11.2. The highest BCUT2D eigenvalue weighted by molar-refractivity contribution is 6.69. The molecule has 3 aromatic rings. The number of benzene rings is 1. The lowest BCUT2D eigenvalue weighted by molar-refractivity contribution is 0.197. The van der Waals surface area contributed by atoms with Crippen LogP contribution >= 0.6 is 0 Å². The van der Waals surface area contributed by atoms with Gasteiger partial charge in [0.05, 0.1) is 17.3 Å². The van der Waals surface area contributed by atoms with Crippen LogP contribution in [0.3, 0.4) is 0 Å². The molecule has 0 bridgehead atoms. The lowest BCUT2D eigenvalue weighted by Crippen LogP contribution is -2.27. The summed E-state index contributed by atoms with van der Waals surface area (Å²) in [4.78, 5) is 19.4. The summed E-state index contributed by atoms with van der Waals surface area (Å²) in [5.74, 6) is 0.770. The molecule has 0 aliphatic heterocycles. The molecule has 0 radical (unpaired) electrons. The number of carboxylic acid groups (broad SMARTS) is 1. The molecular weight excluding hydrogens is 364 g/mol. The van der Waals surface area contributed by atoms with Gasteiger partial charge in [-0.1, -0.05) is 0 Å². The maximum absolute atomic E-state index is 11.2. The summed E-state index contributed by atoms with van der Waals surface area (Å²) in [7, 11) is -1.93. The number of hydrogen-bond acceptors (Lipinski definition) is 6. The standard InChI is InChI=1S/C18H18N4O4Si/c1-27(2,3)26-16(10-19)14-9-17(21-11-20-14)25-13-4-5-15-12(8-13)6-7-22(15)18(23)24/h4-9,11,16H,1-3H3,(H,23,24). The molecule has 0 aliphatic carbocycles. The Morgan fingerprint density at radius 2 is 2.04 bits per heavy atom. The van der Waals surface area contributed by atoms with E-state index in [0.29, 0.717) is 17.0 Å². The van der Waals surface area contributed by atoms with Crippen LogP contribution in [0.15, 0.2) is 42.9 Å². The first-order valence-electron chi connectivity index (χ1n) is 8.18. The Morgan fingerprint density at radius 3 is 2.70 bits per heavy atom. The van der Waals surface area contributed by atoms with Crippen molar-refractivity contribution in [1.82, 2.24) is 14.5 Å². The summed E-state index contributed by atoms with van der Waals surface area (Å²) in [5.41, 5.74) is 0.995. The van der Waals surface area contributed by atoms with Crippen molar-refractivity contribution in [2.75, 3.05) is 0 Å². The third-order valence-electron chi connectivity index (χ3n) is 3.61. The molecule has 0 amide bonds. The van der Waals surface area contributed by atoms with E-state index in [1.807, 2.05) is 19.6 Å². The maximum Gasteiger partial charge on any atom is 0.415 e. The van der Waals surface area contributed by atoms with Gasteiger partial charge in [0.1, 0.15) is 12.1 Å². The number of hydrogen-bond donors (Lipinski definition) is 1. The van der Waals surface area contributed by atoms with Gasteiger partial charge in [-0.25, -0.2) is 14.8 Å². The molecule has 3 rings (SSSR count). The van der Waals surface area contributed by atoms with E-state index in [0.717, 1.165) is 9.95 Å². The molecule has 0 spiro atoms. The first kappa shape index (κ1) is 18.6. The molecule has 2 heterocycles. The normalized spacial score (nSPS) is 12.5. The molecule has 9 heteroatoms. The Hall–Kier alpha value is -3.22. The van der Waals surface area contributed by atoms with Crippen molar-refractivity contribution in [2.45, 2.75) is 25.7 Å². The van der Waals surface area contributed by atoms with Gasteiger partial charge in [0, 0.05) is 17.6 Å². The van der Waals surface area contributed by atoms with Gasteiger partial charge in [-0.2, -0.15) is 5.26 Å². The molecule has 0 saturated heterocycles. The largest absolute Gasteiger partial charge is 0.464 e. The molecule has 0 saturated carbocycles. The molecule has 138 valence electrons. The lowest BCUT2D eigenvalue weighted by Gasteiger charge is -2.21. The molecule has 1 atom stereocenters. The average Bonchev–Trinajstić information content (AvgIpc) is 3.02. The predicted molar refractivity (Wildman–Crippen MR) is 100 cm³/mol. The van der Waals surface area contributed by atoms with Crippen LogP contribution < -0.4 is 4.74 Å². The molecule has 27 heavy (non-hydrogen) atoms. The van der Waals surface area contributed by atoms with Crippen molar-refractivity contribution in [1.29, 1.82) is 5.26 Å². The third-order valence-corrected chi connectivity index (χ3v) is 4.55. The zero-order valence-electron chi connectivity index (χ0n) is 15.1. The number of rotatable bonds is 5. The van der Waals surface area contributed by atoms with E-state index in [9.17, 15) is 10.1 Å². The zero-order valence-corrected chi connectivity index (χ0v) is 16.1. The van der Waals surface area contributed by atoms with Crippen LogP contribution in [-0.4, -0.2) is 34.1 Å². The Bertz CT molecular complexity index is 1040. The molecule has 1 N–H and O–H groups in total. The molecule has 0 aliphatic rings. The van der Waals surface area contributed by atoms with Crippen LogP contribution in [0.25, 0.3) is 10.9 Å². The summed E-state index contributed by atoms with van der Waals surface area (Å²) >= 11 is 0. The first-order chi connectivity index (χ1) is 12.8. The SMILES string of the molecule is C[Si](C)(C)OC(C#N)c1cc(Oc2ccc3c(ccn3C(=O)O)c2)ncn1. The Morgan fingerprint density at radius 1 is 1.26 bits per heavy atom. The van der Waals surface area contributed by atoms with Crippen LogP contribution in [0.4, 0.5) is 4.79 Å². The molecule has 0 fully saturated rings. The van der Waals surface area contributed by atoms with Crippen LogP contribution in [0, 0.1) is 11.3 Å². The second-order valence-electron chi connectivity index (χ2n) is 6.81. The van der Waals surface area contributed by atoms with Crippen LogP contribution in [0.1, 0.15) is 11.8 Å². The second-order valence-corrected chi connectivity index (χ2v) is 11.3. The van der Waals surface area contributed by atoms with Gasteiger partial charge >= 0.3 is 6.09 Å². The lowest BCUT2D eigenvalue weighted by atomic mass is 10.2. The highest BCUT2D eigenvalue weighted by Crippen LogP contribution is 2.27. The fourth-order valence-electron chi connectivity index (χ4n) is 2.53. The fraction of sp³-hybridized carbons (Fsp3) is 0.222. The molecule has 1 unspecified atom stereocenters. The van der Waals surface area contributed by atoms with E-state index in [1.165, 1.54) is 12.5 Å². The summed E-state index contributed by atoms with van der Waals surface area (Å²) in [5, 5.41) is 19.3. The number of nitrogens with zero attached hydrogens (tertiary/aromatic N) is 4. The van der Waals surface area contributed by atoms with Gasteiger partial charge in [0.2, 0.25) is 5.88 Å². The van der Waals surface area contributed by atoms with Crippen molar-refractivity contribution < 1.29 is 19.1 Å². The number of nitriles is 1. The van der Waals surface area contributed by atoms with E-state index in [-0.39, 0.29) is 5.88 Å². The quantitative estimate of drug-likeness (QED) is 0.659. The summed E-state index contributed by atoms with van der Waals surface area (Å²) < 4.78 is 12.7. The average molecular weight is 382 g/mol. The topological polar surface area (TPSA) is 110 Å². The smallest absolute Gasteiger partial charge is 0.415 e. The highest BCUT2D eigenvalue weighted by Gasteiger charge is 2.23. The molecule has 1 aromatic carbocycles. The minimum absolute atomic E-state index is 0.274. The van der Waals surface area contributed by atoms with E-state index < -0.39 is 20.5 Å². The highest BCUT2D eigenvalue weighted by atomic mass is 28.4. The summed E-state index contributed by atoms with van der Waals surface area (Å²) in [6.07, 6.45) is 0.963. The van der Waals surface area contributed by atoms with Crippen molar-refractivity contribution in [3.8, 4) is 17.7 Å². The Kier molecular flexibility index (Phi) is 4.94. The van der Waals surface area contributed by atoms with Gasteiger partial charge in [-0.15, -0.1) is 0 Å². The molecule has 2 aromatic heterocycles. The van der Waals surface area contributed by atoms with Crippen molar-refractivity contribution in [3.63, 3.8) is 0 Å². The van der Waals surface area contributed by atoms with Crippen LogP contribution in [0.2, 0.25) is 19.6 Å². The van der Waals surface area contributed by atoms with Gasteiger partial charge in [-0.05, 0) is 43.9 Å². The number of aromatic nitrogens is 3. The number of fused-ring (bicyclic) bond motifs is 1. The minimum atomic E-state index is -1.93. The van der Waals surface area contributed by atoms with Crippen LogP contribution in [-0.2, 0) is 4.43 Å². The van der Waals surface area contributed by atoms with E-state index >= 15 is 0 Å². The van der Waals surface area contributed by atoms with Gasteiger partial charge in [0.15, 0.2) is 14.4 Å². The van der Waals surface area contributed by atoms with Crippen LogP contribution in [0.5, 0.6) is 11.6 Å². The van der Waals surface area contributed by atoms with Crippen molar-refractivity contribution in [2.24, 2.45) is 0 Å². The van der Waals surface area contributed by atoms with E-state index in [4.69, 9.17) is 14.3 Å². The number of ether oxygens (including phenoxy) is 1. The molecular formula is C18H18N4O4Si. The second kappa shape index (κ2) is 7.18. The fourth-order valence-corrected chi connectivity index (χ4v) is 3.41.